The zero-order valence-electron chi connectivity index (χ0n) is 32.4. The van der Waals surface area contributed by atoms with E-state index in [-0.39, 0.29) is 12.3 Å². The molecule has 1 N–H and O–H groups in total. The second-order valence-electron chi connectivity index (χ2n) is 5.32. The van der Waals surface area contributed by atoms with Crippen molar-refractivity contribution in [3.63, 3.8) is 0 Å². The quantitative estimate of drug-likeness (QED) is 0.438. The molecule has 1 fully saturated rings. The molecule has 3 atom stereocenters. The van der Waals surface area contributed by atoms with Crippen LogP contribution in [-0.4, -0.2) is 30.3 Å². The van der Waals surface area contributed by atoms with Crippen molar-refractivity contribution in [2.45, 2.75) is 97.7 Å². The van der Waals surface area contributed by atoms with Crippen LogP contribution in [0.25, 0.3) is 0 Å². The number of ether oxygens (including phenoxy) is 1. The van der Waals surface area contributed by atoms with Crippen molar-refractivity contribution in [1.82, 2.24) is 5.32 Å². The molecule has 1 saturated carbocycles. The maximum Gasteiger partial charge on any atom is 0.303 e. The fraction of sp³-hybridized carbons (Fsp3) is 0.850. The van der Waals surface area contributed by atoms with E-state index in [1.807, 2.05) is 0 Å². The third-order valence-corrected chi connectivity index (χ3v) is 2.86. The first-order chi connectivity index (χ1) is 18.7. The Morgan fingerprint density at radius 1 is 1.24 bits per heavy atom. The van der Waals surface area contributed by atoms with E-state index in [2.05, 4.69) is 5.32 Å². The maximum absolute atomic E-state index is 12.3. The largest absolute Gasteiger partial charge is 0.452 e. The topological polar surface area (TPSA) is 72.5 Å². The molecule has 0 aromatic heterocycles. The van der Waals surface area contributed by atoms with E-state index < -0.39 is 81.8 Å². The third-order valence-electron chi connectivity index (χ3n) is 2.86. The molecule has 1 rings (SSSR count). The van der Waals surface area contributed by atoms with E-state index in [0.29, 0.717) is 12.8 Å². The number of hydrogen-bond acceptors (Lipinski definition) is 4. The molecule has 0 heterocycles. The molecule has 146 valence electrons. The standard InChI is InChI=1S/C13H23NO3.C7H14O/c1-4-5-6-9(2)12(17-10(3)15)13(16)14-11-7-8-11;1-3-4-5-7(2)6-8/h9,11-12H,4-8H2,1-3H3,(H,14,16);6-7H,3-5H2,1-2H3/i1D3,4D2,5D2,6D2;1D3,3D2,4D2,5D2. The molecule has 0 aliphatic heterocycles. The van der Waals surface area contributed by atoms with Gasteiger partial charge in [-0.1, -0.05) is 53.0 Å². The minimum Gasteiger partial charge on any atom is -0.452 e. The number of carbonyl (C=O) groups excluding carboxylic acids is 3. The molecular formula is C20H37NO4. The number of aldehydes is 1. The van der Waals surface area contributed by atoms with E-state index in [1.54, 1.807) is 0 Å². The summed E-state index contributed by atoms with van der Waals surface area (Å²) in [5.74, 6) is -4.85. The van der Waals surface area contributed by atoms with Crippen LogP contribution in [0.4, 0.5) is 0 Å². The van der Waals surface area contributed by atoms with E-state index >= 15 is 0 Å². The predicted molar refractivity (Wildman–Crippen MR) is 100 cm³/mol. The van der Waals surface area contributed by atoms with Gasteiger partial charge in [-0.05, 0) is 25.6 Å². The molecule has 5 heteroatoms. The fourth-order valence-corrected chi connectivity index (χ4v) is 1.48. The second-order valence-corrected chi connectivity index (χ2v) is 5.32. The molecule has 0 aromatic carbocycles. The lowest BCUT2D eigenvalue weighted by Gasteiger charge is -2.22. The number of carbonyl (C=O) groups is 3. The molecule has 3 unspecified atom stereocenters. The molecule has 1 aliphatic rings. The summed E-state index contributed by atoms with van der Waals surface area (Å²) in [5.41, 5.74) is 0. The highest BCUT2D eigenvalue weighted by Gasteiger charge is 2.32. The van der Waals surface area contributed by atoms with Crippen molar-refractivity contribution in [3.05, 3.63) is 0 Å². The summed E-state index contributed by atoms with van der Waals surface area (Å²) in [6, 6.07) is -0.135. The van der Waals surface area contributed by atoms with Crippen molar-refractivity contribution in [1.29, 1.82) is 0 Å². The van der Waals surface area contributed by atoms with Gasteiger partial charge in [0.05, 0.1) is 0 Å². The van der Waals surface area contributed by atoms with Crippen LogP contribution in [0.15, 0.2) is 0 Å². The van der Waals surface area contributed by atoms with Gasteiger partial charge in [-0.2, -0.15) is 0 Å². The van der Waals surface area contributed by atoms with Gasteiger partial charge >= 0.3 is 5.97 Å². The highest BCUT2D eigenvalue weighted by Crippen LogP contribution is 2.21. The maximum atomic E-state index is 12.3. The van der Waals surface area contributed by atoms with Crippen LogP contribution in [0.5, 0.6) is 0 Å². The third kappa shape index (κ3) is 12.6. The Bertz CT molecular complexity index is 1000. The lowest BCUT2D eigenvalue weighted by molar-refractivity contribution is -0.157. The van der Waals surface area contributed by atoms with Crippen molar-refractivity contribution in [2.75, 3.05) is 0 Å². The highest BCUT2D eigenvalue weighted by atomic mass is 16.5. The van der Waals surface area contributed by atoms with Gasteiger partial charge in [0.15, 0.2) is 6.10 Å². The summed E-state index contributed by atoms with van der Waals surface area (Å²) >= 11 is 0. The van der Waals surface area contributed by atoms with Gasteiger partial charge in [0.2, 0.25) is 0 Å². The summed E-state index contributed by atoms with van der Waals surface area (Å²) in [5, 5.41) is 2.52. The Morgan fingerprint density at radius 2 is 1.84 bits per heavy atom. The van der Waals surface area contributed by atoms with Crippen LogP contribution < -0.4 is 5.32 Å². The number of rotatable bonds is 11. The molecule has 0 spiro atoms. The van der Waals surface area contributed by atoms with Gasteiger partial charge in [0, 0.05) is 49.5 Å². The van der Waals surface area contributed by atoms with Gasteiger partial charge in [0.25, 0.3) is 5.91 Å². The minimum absolute atomic E-state index is 0.132. The summed E-state index contributed by atoms with van der Waals surface area (Å²) in [6.45, 7) is -3.63. The zero-order chi connectivity index (χ0) is 35.0. The lowest BCUT2D eigenvalue weighted by atomic mass is 9.97. The normalized spacial score (nSPS) is 31.8. The van der Waals surface area contributed by atoms with Crippen molar-refractivity contribution >= 4 is 18.2 Å². The predicted octanol–water partition coefficient (Wildman–Crippen LogP) is 4.03. The Labute approximate surface area is 178 Å². The van der Waals surface area contributed by atoms with Crippen LogP contribution in [0.3, 0.4) is 0 Å². The van der Waals surface area contributed by atoms with E-state index in [1.165, 1.54) is 0 Å². The van der Waals surface area contributed by atoms with Gasteiger partial charge in [-0.3, -0.25) is 9.59 Å². The monoisotopic (exact) mass is 373 g/mol. The van der Waals surface area contributed by atoms with E-state index in [0.717, 1.165) is 20.8 Å². The molecular weight excluding hydrogens is 318 g/mol. The molecule has 1 aliphatic carbocycles. The average molecular weight is 374 g/mol. The lowest BCUT2D eigenvalue weighted by Crippen LogP contribution is -2.42. The van der Waals surface area contributed by atoms with E-state index in [9.17, 15) is 14.4 Å². The molecule has 0 aromatic rings. The Hall–Kier alpha value is -1.39. The molecule has 0 saturated heterocycles. The molecule has 25 heavy (non-hydrogen) atoms. The Morgan fingerprint density at radius 3 is 2.32 bits per heavy atom. The van der Waals surface area contributed by atoms with Gasteiger partial charge < -0.3 is 14.8 Å². The average Bonchev–Trinajstić information content (AvgIpc) is 3.63. The van der Waals surface area contributed by atoms with Gasteiger partial charge in [-0.15, -0.1) is 0 Å². The Kier molecular flexibility index (Phi) is 4.05. The van der Waals surface area contributed by atoms with E-state index in [4.69, 9.17) is 29.4 Å². The summed E-state index contributed by atoms with van der Waals surface area (Å²) in [7, 11) is 0. The number of hydrogen-bond donors (Lipinski definition) is 1. The second kappa shape index (κ2) is 13.9. The number of nitrogens with one attached hydrogen (secondary N) is 1. The van der Waals surface area contributed by atoms with Gasteiger partial charge in [0.1, 0.15) is 6.29 Å². The smallest absolute Gasteiger partial charge is 0.303 e. The summed E-state index contributed by atoms with van der Waals surface area (Å²) in [6.07, 6.45) is -20.0. The molecule has 0 radical (unpaired) electrons. The summed E-state index contributed by atoms with van der Waals surface area (Å²) < 4.78 is 139. The highest BCUT2D eigenvalue weighted by molar-refractivity contribution is 5.84. The van der Waals surface area contributed by atoms with Crippen LogP contribution >= 0.6 is 0 Å². The zero-order valence-corrected chi connectivity index (χ0v) is 14.4. The molecule has 0 bridgehead atoms. The summed E-state index contributed by atoms with van der Waals surface area (Å²) in [4.78, 5) is 34.1. The van der Waals surface area contributed by atoms with Crippen molar-refractivity contribution < 1.29 is 43.8 Å². The fourth-order valence-electron chi connectivity index (χ4n) is 1.48. The van der Waals surface area contributed by atoms with Crippen molar-refractivity contribution in [2.24, 2.45) is 11.8 Å². The first kappa shape index (κ1) is 7.32. The Balaban J connectivity index is 0.000000901. The van der Waals surface area contributed by atoms with Crippen molar-refractivity contribution in [3.8, 4) is 0 Å². The minimum atomic E-state index is -3.55. The first-order valence-electron chi connectivity index (χ1n) is 16.6. The van der Waals surface area contributed by atoms with Crippen LogP contribution in [0.1, 0.15) is 110 Å². The van der Waals surface area contributed by atoms with Crippen LogP contribution in [0, 0.1) is 11.8 Å². The SMILES string of the molecule is [2H]C([2H])([2H])C([2H])([2H])C([2H])([2H])C([2H])([2H])C(C)C(OC(C)=O)C(=O)NC1CC1.[2H]C([2H])([2H])C([2H])([2H])C([2H])([2H])C([2H])([2H])C(C)C=O. The van der Waals surface area contributed by atoms with Gasteiger partial charge in [-0.25, -0.2) is 0 Å². The van der Waals surface area contributed by atoms with Crippen LogP contribution in [0.2, 0.25) is 0 Å². The van der Waals surface area contributed by atoms with Crippen LogP contribution in [-0.2, 0) is 19.1 Å². The molecule has 1 amide bonds. The number of amides is 1. The number of esters is 1. The first-order valence-corrected chi connectivity index (χ1v) is 7.63. The molecule has 5 nitrogen and oxygen atoms in total.